The van der Waals surface area contributed by atoms with E-state index >= 15 is 0 Å². The van der Waals surface area contributed by atoms with Gasteiger partial charge in [0.25, 0.3) is 0 Å². The maximum atomic E-state index is 6.21. The summed E-state index contributed by atoms with van der Waals surface area (Å²) in [4.78, 5) is 4.73. The molecule has 1 atom stereocenters. The van der Waals surface area contributed by atoms with E-state index in [2.05, 4.69) is 23.6 Å². The van der Waals surface area contributed by atoms with E-state index in [0.717, 1.165) is 88.2 Å². The van der Waals surface area contributed by atoms with Crippen LogP contribution in [0.3, 0.4) is 0 Å². The van der Waals surface area contributed by atoms with Crippen molar-refractivity contribution in [2.24, 2.45) is 10.9 Å². The van der Waals surface area contributed by atoms with Gasteiger partial charge in [-0.2, -0.15) is 0 Å². The van der Waals surface area contributed by atoms with Gasteiger partial charge in [0.2, 0.25) is 0 Å². The van der Waals surface area contributed by atoms with Crippen LogP contribution in [0.5, 0.6) is 11.5 Å². The van der Waals surface area contributed by atoms with Crippen LogP contribution in [0.25, 0.3) is 0 Å². The summed E-state index contributed by atoms with van der Waals surface area (Å²) in [5.41, 5.74) is 1.10. The molecule has 1 saturated heterocycles. The molecular weight excluding hydrogens is 521 g/mol. The molecule has 0 radical (unpaired) electrons. The molecule has 2 aliphatic rings. The fourth-order valence-electron chi connectivity index (χ4n) is 3.96. The van der Waals surface area contributed by atoms with Gasteiger partial charge in [0, 0.05) is 32.2 Å². The van der Waals surface area contributed by atoms with Gasteiger partial charge in [0.1, 0.15) is 0 Å². The first-order valence-electron chi connectivity index (χ1n) is 11.8. The molecule has 0 spiro atoms. The van der Waals surface area contributed by atoms with Crippen LogP contribution in [0.2, 0.25) is 0 Å². The molecule has 2 fully saturated rings. The molecule has 7 nitrogen and oxygen atoms in total. The zero-order chi connectivity index (χ0) is 21.7. The highest BCUT2D eigenvalue weighted by Gasteiger charge is 2.18. The van der Waals surface area contributed by atoms with Crippen LogP contribution in [0, 0.1) is 5.92 Å². The van der Waals surface area contributed by atoms with E-state index in [-0.39, 0.29) is 24.0 Å². The van der Waals surface area contributed by atoms with Crippen molar-refractivity contribution in [2.45, 2.75) is 58.1 Å². The van der Waals surface area contributed by atoms with Crippen LogP contribution in [-0.2, 0) is 16.0 Å². The third-order valence-corrected chi connectivity index (χ3v) is 5.72. The zero-order valence-electron chi connectivity index (χ0n) is 19.6. The van der Waals surface area contributed by atoms with Crippen LogP contribution in [0.1, 0.15) is 51.0 Å². The van der Waals surface area contributed by atoms with Gasteiger partial charge in [-0.05, 0) is 63.1 Å². The van der Waals surface area contributed by atoms with E-state index in [1.165, 1.54) is 12.8 Å². The molecule has 1 aromatic carbocycles. The third kappa shape index (κ3) is 9.31. The summed E-state index contributed by atoms with van der Waals surface area (Å²) in [6, 6.07) is 6.08. The fraction of sp³-hybridized carbons (Fsp3) is 0.708. The number of aliphatic imine (C=N–C) groups is 1. The lowest BCUT2D eigenvalue weighted by Gasteiger charge is -2.17. The Hall–Kier alpha value is -1.26. The lowest BCUT2D eigenvalue weighted by Crippen LogP contribution is -2.38. The Morgan fingerprint density at radius 1 is 1.16 bits per heavy atom. The van der Waals surface area contributed by atoms with Crippen LogP contribution >= 0.6 is 24.0 Å². The molecule has 32 heavy (non-hydrogen) atoms. The van der Waals surface area contributed by atoms with E-state index in [0.29, 0.717) is 18.6 Å². The number of nitrogens with one attached hydrogen (secondary N) is 2. The van der Waals surface area contributed by atoms with Gasteiger partial charge in [-0.3, -0.25) is 0 Å². The molecule has 1 aliphatic carbocycles. The van der Waals surface area contributed by atoms with Crippen LogP contribution in [0.15, 0.2) is 23.2 Å². The largest absolute Gasteiger partial charge is 0.493 e. The molecule has 1 unspecified atom stereocenters. The highest BCUT2D eigenvalue weighted by Crippen LogP contribution is 2.32. The summed E-state index contributed by atoms with van der Waals surface area (Å²) in [5, 5.41) is 6.70. The molecule has 1 saturated carbocycles. The van der Waals surface area contributed by atoms with E-state index in [1.54, 1.807) is 7.11 Å². The zero-order valence-corrected chi connectivity index (χ0v) is 21.9. The molecular formula is C24H40IN3O4. The fourth-order valence-corrected chi connectivity index (χ4v) is 3.96. The number of hydrogen-bond donors (Lipinski definition) is 2. The maximum Gasteiger partial charge on any atom is 0.191 e. The summed E-state index contributed by atoms with van der Waals surface area (Å²) in [6.45, 7) is 7.58. The summed E-state index contributed by atoms with van der Waals surface area (Å²) in [5.74, 6) is 3.00. The summed E-state index contributed by atoms with van der Waals surface area (Å²) in [7, 11) is 1.69. The van der Waals surface area contributed by atoms with Crippen molar-refractivity contribution in [1.29, 1.82) is 0 Å². The molecule has 0 bridgehead atoms. The van der Waals surface area contributed by atoms with Crippen molar-refractivity contribution in [3.05, 3.63) is 23.8 Å². The maximum absolute atomic E-state index is 6.21. The number of ether oxygens (including phenoxy) is 4. The van der Waals surface area contributed by atoms with Crippen LogP contribution in [-0.4, -0.2) is 58.7 Å². The topological polar surface area (TPSA) is 73.3 Å². The van der Waals surface area contributed by atoms with Gasteiger partial charge in [0.05, 0.1) is 33.0 Å². The predicted molar refractivity (Wildman–Crippen MR) is 138 cm³/mol. The normalized spacial score (nSPS) is 18.9. The minimum absolute atomic E-state index is 0. The smallest absolute Gasteiger partial charge is 0.191 e. The first-order chi connectivity index (χ1) is 15.3. The lowest BCUT2D eigenvalue weighted by atomic mass is 10.1. The Balaban J connectivity index is 0.00000363. The van der Waals surface area contributed by atoms with E-state index in [9.17, 15) is 0 Å². The molecule has 182 valence electrons. The minimum Gasteiger partial charge on any atom is -0.493 e. The van der Waals surface area contributed by atoms with Crippen molar-refractivity contribution < 1.29 is 18.9 Å². The Morgan fingerprint density at radius 2 is 2.00 bits per heavy atom. The van der Waals surface area contributed by atoms with Crippen LogP contribution < -0.4 is 20.1 Å². The summed E-state index contributed by atoms with van der Waals surface area (Å²) >= 11 is 0. The van der Waals surface area contributed by atoms with E-state index < -0.39 is 0 Å². The SMILES string of the molecule is CCNC(=NCc1ccc(OC)c(OC2CCCC2)c1)NCCCOCC1CCOC1.I. The van der Waals surface area contributed by atoms with Gasteiger partial charge in [-0.1, -0.05) is 6.07 Å². The molecule has 8 heteroatoms. The first-order valence-corrected chi connectivity index (χ1v) is 11.8. The monoisotopic (exact) mass is 561 g/mol. The molecule has 1 aromatic rings. The van der Waals surface area contributed by atoms with Crippen molar-refractivity contribution >= 4 is 29.9 Å². The minimum atomic E-state index is 0. The molecule has 1 heterocycles. The van der Waals surface area contributed by atoms with Crippen molar-refractivity contribution in [1.82, 2.24) is 10.6 Å². The summed E-state index contributed by atoms with van der Waals surface area (Å²) in [6.07, 6.45) is 7.10. The van der Waals surface area contributed by atoms with Gasteiger partial charge >= 0.3 is 0 Å². The molecule has 3 rings (SSSR count). The number of halogens is 1. The van der Waals surface area contributed by atoms with Crippen molar-refractivity contribution in [3.63, 3.8) is 0 Å². The standard InChI is InChI=1S/C24H39N3O4.HI/c1-3-25-24(26-12-6-13-29-17-20-11-14-30-18-20)27-16-19-9-10-22(28-2)23(15-19)31-21-7-4-5-8-21;/h9-10,15,20-21H,3-8,11-14,16-18H2,1-2H3,(H2,25,26,27);1H. The highest BCUT2D eigenvalue weighted by atomic mass is 127. The van der Waals surface area contributed by atoms with Gasteiger partial charge in [-0.25, -0.2) is 4.99 Å². The Kier molecular flexibility index (Phi) is 13.1. The second-order valence-corrected chi connectivity index (χ2v) is 8.29. The number of rotatable bonds is 12. The lowest BCUT2D eigenvalue weighted by molar-refractivity contribution is 0.0888. The Labute approximate surface area is 210 Å². The quantitative estimate of drug-likeness (QED) is 0.173. The number of benzene rings is 1. The van der Waals surface area contributed by atoms with Crippen molar-refractivity contribution in [2.75, 3.05) is 46.6 Å². The van der Waals surface area contributed by atoms with Gasteiger partial charge in [-0.15, -0.1) is 24.0 Å². The number of nitrogens with zero attached hydrogens (tertiary/aromatic N) is 1. The first kappa shape index (κ1) is 27.0. The van der Waals surface area contributed by atoms with E-state index in [4.69, 9.17) is 23.9 Å². The van der Waals surface area contributed by atoms with Crippen LogP contribution in [0.4, 0.5) is 0 Å². The Morgan fingerprint density at radius 3 is 2.72 bits per heavy atom. The second-order valence-electron chi connectivity index (χ2n) is 8.29. The molecule has 0 aromatic heterocycles. The molecule has 1 aliphatic heterocycles. The summed E-state index contributed by atoms with van der Waals surface area (Å²) < 4.78 is 22.8. The van der Waals surface area contributed by atoms with Crippen molar-refractivity contribution in [3.8, 4) is 11.5 Å². The number of methoxy groups -OCH3 is 1. The highest BCUT2D eigenvalue weighted by molar-refractivity contribution is 14.0. The number of hydrogen-bond acceptors (Lipinski definition) is 5. The van der Waals surface area contributed by atoms with Gasteiger partial charge < -0.3 is 29.6 Å². The van der Waals surface area contributed by atoms with E-state index in [1.807, 2.05) is 12.1 Å². The third-order valence-electron chi connectivity index (χ3n) is 5.72. The average molecular weight is 562 g/mol. The second kappa shape index (κ2) is 15.6. The molecule has 0 amide bonds. The Bertz CT molecular complexity index is 677. The van der Waals surface area contributed by atoms with Gasteiger partial charge in [0.15, 0.2) is 17.5 Å². The number of guanidine groups is 1. The average Bonchev–Trinajstić information content (AvgIpc) is 3.49. The predicted octanol–water partition coefficient (Wildman–Crippen LogP) is 4.13. The molecule has 2 N–H and O–H groups in total.